The van der Waals surface area contributed by atoms with Gasteiger partial charge in [0.05, 0.1) is 5.69 Å². The standard InChI is InChI=1S/C8H8INO2.Na.H/c1-6(11)12-10-8-4-2-7(9)3-5-8;;/h2-5,10H,1H3;;. The van der Waals surface area contributed by atoms with Crippen LogP contribution in [0.4, 0.5) is 5.69 Å². The second-order valence-corrected chi connectivity index (χ2v) is 3.45. The third kappa shape index (κ3) is 5.51. The fourth-order valence-corrected chi connectivity index (χ4v) is 1.01. The Hall–Kier alpha value is 0.220. The molecule has 0 atom stereocenters. The molecule has 1 N–H and O–H groups in total. The Morgan fingerprint density at radius 1 is 1.38 bits per heavy atom. The van der Waals surface area contributed by atoms with Crippen molar-refractivity contribution in [1.82, 2.24) is 0 Å². The second-order valence-electron chi connectivity index (χ2n) is 2.20. The number of hydrogen-bond donors (Lipinski definition) is 1. The monoisotopic (exact) mass is 301 g/mol. The number of benzene rings is 1. The molecule has 66 valence electrons. The van der Waals surface area contributed by atoms with E-state index in [1.165, 1.54) is 6.92 Å². The van der Waals surface area contributed by atoms with Crippen molar-refractivity contribution in [3.63, 3.8) is 0 Å². The summed E-state index contributed by atoms with van der Waals surface area (Å²) in [6, 6.07) is 7.52. The van der Waals surface area contributed by atoms with Gasteiger partial charge in [0.15, 0.2) is 0 Å². The Balaban J connectivity index is 0.00000144. The van der Waals surface area contributed by atoms with Crippen LogP contribution in [-0.4, -0.2) is 35.5 Å². The molecule has 0 aliphatic heterocycles. The summed E-state index contributed by atoms with van der Waals surface area (Å²) < 4.78 is 1.14. The zero-order chi connectivity index (χ0) is 8.97. The molecule has 0 spiro atoms. The third-order valence-electron chi connectivity index (χ3n) is 1.16. The van der Waals surface area contributed by atoms with E-state index in [9.17, 15) is 4.79 Å². The summed E-state index contributed by atoms with van der Waals surface area (Å²) in [6.07, 6.45) is 0. The number of nitrogens with one attached hydrogen (secondary N) is 1. The number of hydrogen-bond acceptors (Lipinski definition) is 3. The van der Waals surface area contributed by atoms with Crippen LogP contribution in [0, 0.1) is 3.57 Å². The van der Waals surface area contributed by atoms with Crippen LogP contribution in [0.5, 0.6) is 0 Å². The Bertz CT molecular complexity index is 276. The Labute approximate surface area is 113 Å². The maximum absolute atomic E-state index is 10.4. The maximum atomic E-state index is 10.4. The van der Waals surface area contributed by atoms with Crippen molar-refractivity contribution in [1.29, 1.82) is 0 Å². The molecule has 0 saturated carbocycles. The van der Waals surface area contributed by atoms with Gasteiger partial charge in [0.1, 0.15) is 0 Å². The molecule has 3 nitrogen and oxygen atoms in total. The van der Waals surface area contributed by atoms with Crippen LogP contribution >= 0.6 is 22.6 Å². The van der Waals surface area contributed by atoms with Crippen LogP contribution in [0.3, 0.4) is 0 Å². The van der Waals surface area contributed by atoms with Gasteiger partial charge >= 0.3 is 35.5 Å². The summed E-state index contributed by atoms with van der Waals surface area (Å²) >= 11 is 2.20. The number of anilines is 1. The summed E-state index contributed by atoms with van der Waals surface area (Å²) in [6.45, 7) is 1.35. The van der Waals surface area contributed by atoms with Crippen LogP contribution in [0.15, 0.2) is 24.3 Å². The van der Waals surface area contributed by atoms with Crippen LogP contribution in [0.1, 0.15) is 6.92 Å². The predicted octanol–water partition coefficient (Wildman–Crippen LogP) is 1.53. The molecule has 1 aromatic rings. The van der Waals surface area contributed by atoms with Gasteiger partial charge in [-0.3, -0.25) is 4.79 Å². The van der Waals surface area contributed by atoms with Crippen molar-refractivity contribution in [3.8, 4) is 0 Å². The van der Waals surface area contributed by atoms with E-state index in [1.807, 2.05) is 24.3 Å². The van der Waals surface area contributed by atoms with Crippen molar-refractivity contribution in [3.05, 3.63) is 27.8 Å². The number of rotatable bonds is 2. The first-order valence-corrected chi connectivity index (χ1v) is 4.45. The van der Waals surface area contributed by atoms with Crippen LogP contribution in [0.2, 0.25) is 0 Å². The molecule has 5 heteroatoms. The zero-order valence-electron chi connectivity index (χ0n) is 6.50. The van der Waals surface area contributed by atoms with Crippen molar-refractivity contribution in [2.75, 3.05) is 5.48 Å². The van der Waals surface area contributed by atoms with Gasteiger partial charge in [0.2, 0.25) is 0 Å². The first kappa shape index (κ1) is 13.2. The molecule has 0 unspecified atom stereocenters. The average molecular weight is 301 g/mol. The van der Waals surface area contributed by atoms with E-state index in [1.54, 1.807) is 0 Å². The van der Waals surface area contributed by atoms with Crippen LogP contribution in [0.25, 0.3) is 0 Å². The van der Waals surface area contributed by atoms with E-state index in [4.69, 9.17) is 0 Å². The molecule has 0 bridgehead atoms. The molecule has 0 aliphatic rings. The molecule has 0 aliphatic carbocycles. The van der Waals surface area contributed by atoms with Gasteiger partial charge in [-0.1, -0.05) is 0 Å². The first-order valence-electron chi connectivity index (χ1n) is 3.37. The van der Waals surface area contributed by atoms with E-state index in [2.05, 4.69) is 32.9 Å². The molecule has 0 aromatic heterocycles. The Morgan fingerprint density at radius 3 is 2.38 bits per heavy atom. The summed E-state index contributed by atoms with van der Waals surface area (Å²) in [7, 11) is 0. The summed E-state index contributed by atoms with van der Waals surface area (Å²) in [5, 5.41) is 0. The van der Waals surface area contributed by atoms with E-state index in [-0.39, 0.29) is 35.5 Å². The van der Waals surface area contributed by atoms with E-state index >= 15 is 0 Å². The molecule has 0 amide bonds. The predicted molar refractivity (Wildman–Crippen MR) is 61.7 cm³/mol. The molecule has 1 aromatic carbocycles. The van der Waals surface area contributed by atoms with Gasteiger partial charge in [-0.15, -0.1) is 0 Å². The SMILES string of the molecule is CC(=O)ONc1ccc(I)cc1.[NaH]. The van der Waals surface area contributed by atoms with Gasteiger partial charge in [-0.05, 0) is 46.9 Å². The summed E-state index contributed by atoms with van der Waals surface area (Å²) in [5.74, 6) is -0.353. The molecule has 0 radical (unpaired) electrons. The molecular formula is C8H9INNaO2. The fraction of sp³-hybridized carbons (Fsp3) is 0.125. The second kappa shape index (κ2) is 6.64. The number of carbonyl (C=O) groups is 1. The van der Waals surface area contributed by atoms with Crippen LogP contribution < -0.4 is 5.48 Å². The van der Waals surface area contributed by atoms with Crippen molar-refractivity contribution >= 4 is 63.8 Å². The molecular weight excluding hydrogens is 292 g/mol. The van der Waals surface area contributed by atoms with E-state index in [0.29, 0.717) is 0 Å². The van der Waals surface area contributed by atoms with Gasteiger partial charge < -0.3 is 4.84 Å². The van der Waals surface area contributed by atoms with Crippen molar-refractivity contribution < 1.29 is 9.63 Å². The Kier molecular flexibility index (Phi) is 6.75. The minimum atomic E-state index is -0.353. The third-order valence-corrected chi connectivity index (χ3v) is 1.88. The zero-order valence-corrected chi connectivity index (χ0v) is 8.66. The minimum absolute atomic E-state index is 0. The van der Waals surface area contributed by atoms with Crippen LogP contribution in [-0.2, 0) is 9.63 Å². The molecule has 13 heavy (non-hydrogen) atoms. The molecule has 0 heterocycles. The van der Waals surface area contributed by atoms with Crippen molar-refractivity contribution in [2.24, 2.45) is 0 Å². The fourth-order valence-electron chi connectivity index (χ4n) is 0.649. The van der Waals surface area contributed by atoms with E-state index in [0.717, 1.165) is 9.26 Å². The Morgan fingerprint density at radius 2 is 1.92 bits per heavy atom. The summed E-state index contributed by atoms with van der Waals surface area (Å²) in [4.78, 5) is 15.0. The molecule has 0 fully saturated rings. The van der Waals surface area contributed by atoms with E-state index < -0.39 is 0 Å². The average Bonchev–Trinajstić information content (AvgIpc) is 2.03. The number of halogens is 1. The van der Waals surface area contributed by atoms with Gasteiger partial charge in [0.25, 0.3) is 0 Å². The van der Waals surface area contributed by atoms with Gasteiger partial charge in [-0.25, -0.2) is 5.48 Å². The van der Waals surface area contributed by atoms with Crippen molar-refractivity contribution in [2.45, 2.75) is 6.92 Å². The molecule has 0 saturated heterocycles. The van der Waals surface area contributed by atoms with Gasteiger partial charge in [0, 0.05) is 10.5 Å². The number of carbonyl (C=O) groups excluding carboxylic acids is 1. The topological polar surface area (TPSA) is 38.3 Å². The summed E-state index contributed by atoms with van der Waals surface area (Å²) in [5.41, 5.74) is 3.29. The normalized spacial score (nSPS) is 8.46. The molecule has 1 rings (SSSR count). The first-order chi connectivity index (χ1) is 5.68. The van der Waals surface area contributed by atoms with Gasteiger partial charge in [-0.2, -0.15) is 0 Å². The quantitative estimate of drug-likeness (QED) is 0.511.